The number of nitrogens with one attached hydrogen (secondary N) is 1. The summed E-state index contributed by atoms with van der Waals surface area (Å²) in [6.07, 6.45) is 0. The number of rotatable bonds is 8. The van der Waals surface area contributed by atoms with Gasteiger partial charge in [0.25, 0.3) is 5.91 Å². The molecule has 0 unspecified atom stereocenters. The highest BCUT2D eigenvalue weighted by Crippen LogP contribution is 2.30. The Morgan fingerprint density at radius 2 is 1.74 bits per heavy atom. The van der Waals surface area contributed by atoms with Crippen molar-refractivity contribution >= 4 is 42.6 Å². The summed E-state index contributed by atoms with van der Waals surface area (Å²) in [5.74, 6) is 0.212. The van der Waals surface area contributed by atoms with Gasteiger partial charge in [0.05, 0.1) is 15.1 Å². The Morgan fingerprint density at radius 3 is 2.35 bits per heavy atom. The minimum Gasteiger partial charge on any atom is -0.298 e. The van der Waals surface area contributed by atoms with E-state index >= 15 is 0 Å². The second-order valence-electron chi connectivity index (χ2n) is 8.58. The van der Waals surface area contributed by atoms with Gasteiger partial charge < -0.3 is 0 Å². The number of carbonyl (C=O) groups excluding carboxylic acids is 1. The van der Waals surface area contributed by atoms with Crippen LogP contribution in [0.5, 0.6) is 0 Å². The minimum absolute atomic E-state index is 0.226. The van der Waals surface area contributed by atoms with E-state index in [1.165, 1.54) is 11.3 Å². The molecule has 1 aromatic heterocycles. The smallest absolute Gasteiger partial charge is 0.257 e. The Morgan fingerprint density at radius 1 is 1.06 bits per heavy atom. The van der Waals surface area contributed by atoms with Gasteiger partial charge in [0.1, 0.15) is 0 Å². The zero-order chi connectivity index (χ0) is 22.8. The van der Waals surface area contributed by atoms with Gasteiger partial charge in [-0.3, -0.25) is 10.1 Å². The summed E-state index contributed by atoms with van der Waals surface area (Å²) in [4.78, 5) is 17.2. The van der Waals surface area contributed by atoms with Crippen molar-refractivity contribution < 1.29 is 13.2 Å². The molecule has 3 rings (SSSR count). The van der Waals surface area contributed by atoms with Crippen LogP contribution in [-0.4, -0.2) is 36.7 Å². The number of nitrogens with zero attached hydrogens (tertiary/aromatic N) is 2. The zero-order valence-corrected chi connectivity index (χ0v) is 20.2. The molecule has 0 aliphatic carbocycles. The first-order valence-electron chi connectivity index (χ1n) is 10.3. The molecule has 0 saturated carbocycles. The Bertz CT molecular complexity index is 1170. The average molecular weight is 460 g/mol. The fourth-order valence-electron chi connectivity index (χ4n) is 3.31. The van der Waals surface area contributed by atoms with Crippen molar-refractivity contribution in [2.24, 2.45) is 11.8 Å². The van der Waals surface area contributed by atoms with Crippen LogP contribution in [0.25, 0.3) is 10.2 Å². The Kier molecular flexibility index (Phi) is 7.13. The molecule has 0 fully saturated rings. The summed E-state index contributed by atoms with van der Waals surface area (Å²) in [6.45, 7) is 10.9. The largest absolute Gasteiger partial charge is 0.298 e. The maximum Gasteiger partial charge on any atom is 0.257 e. The van der Waals surface area contributed by atoms with E-state index in [0.717, 1.165) is 10.3 Å². The number of sulfonamides is 1. The van der Waals surface area contributed by atoms with Crippen molar-refractivity contribution in [3.05, 3.63) is 53.6 Å². The molecular weight excluding hydrogens is 430 g/mol. The van der Waals surface area contributed by atoms with E-state index in [1.807, 2.05) is 52.8 Å². The number of anilines is 1. The maximum atomic E-state index is 13.3. The van der Waals surface area contributed by atoms with Crippen molar-refractivity contribution in [1.82, 2.24) is 9.29 Å². The third kappa shape index (κ3) is 5.70. The van der Waals surface area contributed by atoms with Crippen molar-refractivity contribution in [2.45, 2.75) is 39.5 Å². The van der Waals surface area contributed by atoms with Crippen molar-refractivity contribution in [3.8, 4) is 0 Å². The number of carbonyl (C=O) groups is 1. The van der Waals surface area contributed by atoms with Crippen LogP contribution >= 0.6 is 11.3 Å². The highest BCUT2D eigenvalue weighted by atomic mass is 32.2. The van der Waals surface area contributed by atoms with Crippen LogP contribution in [0.2, 0.25) is 0 Å². The van der Waals surface area contributed by atoms with Gasteiger partial charge in [-0.15, -0.1) is 0 Å². The highest BCUT2D eigenvalue weighted by Gasteiger charge is 2.26. The molecule has 0 radical (unpaired) electrons. The molecule has 31 heavy (non-hydrogen) atoms. The molecule has 0 aliphatic rings. The SMILES string of the molecule is Cc1cccc(C(=O)Nc2nc3ccc(S(=O)(=O)N(CC(C)C)CC(C)C)cc3s2)c1. The normalized spacial score (nSPS) is 12.3. The molecule has 0 saturated heterocycles. The van der Waals surface area contributed by atoms with Crippen molar-refractivity contribution in [2.75, 3.05) is 18.4 Å². The topological polar surface area (TPSA) is 79.4 Å². The molecule has 0 bridgehead atoms. The van der Waals surface area contributed by atoms with Crippen molar-refractivity contribution in [3.63, 3.8) is 0 Å². The monoisotopic (exact) mass is 459 g/mol. The second-order valence-corrected chi connectivity index (χ2v) is 11.6. The predicted molar refractivity (Wildman–Crippen MR) is 127 cm³/mol. The van der Waals surface area contributed by atoms with Crippen LogP contribution in [0, 0.1) is 18.8 Å². The molecule has 6 nitrogen and oxygen atoms in total. The first kappa shape index (κ1) is 23.4. The predicted octanol–water partition coefficient (Wildman–Crippen LogP) is 5.16. The van der Waals surface area contributed by atoms with E-state index in [-0.39, 0.29) is 22.6 Å². The van der Waals surface area contributed by atoms with E-state index in [1.54, 1.807) is 28.6 Å². The van der Waals surface area contributed by atoms with Gasteiger partial charge in [-0.25, -0.2) is 13.4 Å². The molecule has 1 heterocycles. The molecule has 2 aromatic carbocycles. The molecule has 0 atom stereocenters. The summed E-state index contributed by atoms with van der Waals surface area (Å²) in [5.41, 5.74) is 2.21. The molecule has 8 heteroatoms. The summed E-state index contributed by atoms with van der Waals surface area (Å²) >= 11 is 1.27. The first-order chi connectivity index (χ1) is 14.6. The van der Waals surface area contributed by atoms with Gasteiger partial charge in [-0.1, -0.05) is 56.7 Å². The van der Waals surface area contributed by atoms with Gasteiger partial charge in [0.2, 0.25) is 10.0 Å². The fourth-order valence-corrected chi connectivity index (χ4v) is 6.08. The number of thiazole rings is 1. The van der Waals surface area contributed by atoms with E-state index in [9.17, 15) is 13.2 Å². The summed E-state index contributed by atoms with van der Waals surface area (Å²) in [7, 11) is -3.62. The van der Waals surface area contributed by atoms with Crippen LogP contribution in [0.15, 0.2) is 47.4 Å². The second kappa shape index (κ2) is 9.46. The van der Waals surface area contributed by atoms with Crippen LogP contribution in [0.1, 0.15) is 43.6 Å². The summed E-state index contributed by atoms with van der Waals surface area (Å²) < 4.78 is 28.9. The van der Waals surface area contributed by atoms with Gasteiger partial charge >= 0.3 is 0 Å². The number of fused-ring (bicyclic) bond motifs is 1. The molecule has 1 amide bonds. The third-order valence-electron chi connectivity index (χ3n) is 4.64. The Labute approximate surface area is 188 Å². The summed E-state index contributed by atoms with van der Waals surface area (Å²) in [6, 6.07) is 12.3. The molecule has 166 valence electrons. The molecule has 3 aromatic rings. The van der Waals surface area contributed by atoms with Gasteiger partial charge in [0, 0.05) is 18.7 Å². The van der Waals surface area contributed by atoms with Gasteiger partial charge in [-0.05, 0) is 49.1 Å². The number of aromatic nitrogens is 1. The Hall–Kier alpha value is -2.29. The molecular formula is C23H29N3O3S2. The quantitative estimate of drug-likeness (QED) is 0.505. The zero-order valence-electron chi connectivity index (χ0n) is 18.5. The lowest BCUT2D eigenvalue weighted by Crippen LogP contribution is -2.37. The van der Waals surface area contributed by atoms with E-state index < -0.39 is 10.0 Å². The lowest BCUT2D eigenvalue weighted by molar-refractivity contribution is 0.102. The fraction of sp³-hybridized carbons (Fsp3) is 0.391. The number of benzene rings is 2. The third-order valence-corrected chi connectivity index (χ3v) is 7.40. The van der Waals surface area contributed by atoms with E-state index in [4.69, 9.17) is 0 Å². The van der Waals surface area contributed by atoms with Crippen molar-refractivity contribution in [1.29, 1.82) is 0 Å². The number of hydrogen-bond donors (Lipinski definition) is 1. The van der Waals surface area contributed by atoms with Crippen LogP contribution in [0.4, 0.5) is 5.13 Å². The lowest BCUT2D eigenvalue weighted by atomic mass is 10.1. The van der Waals surface area contributed by atoms with E-state index in [2.05, 4.69) is 10.3 Å². The molecule has 0 spiro atoms. The standard InChI is InChI=1S/C23H29N3O3S2/c1-15(2)13-26(14-16(3)4)31(28,29)19-9-10-20-21(12-19)30-23(24-20)25-22(27)18-8-6-7-17(5)11-18/h6-12,15-16H,13-14H2,1-5H3,(H,24,25,27). The van der Waals surface area contributed by atoms with Crippen LogP contribution in [-0.2, 0) is 10.0 Å². The number of amides is 1. The Balaban J connectivity index is 1.88. The van der Waals surface area contributed by atoms with E-state index in [0.29, 0.717) is 29.3 Å². The first-order valence-corrected chi connectivity index (χ1v) is 12.6. The minimum atomic E-state index is -3.62. The summed E-state index contributed by atoms with van der Waals surface area (Å²) in [5, 5.41) is 3.26. The number of aryl methyl sites for hydroxylation is 1. The molecule has 1 N–H and O–H groups in total. The lowest BCUT2D eigenvalue weighted by Gasteiger charge is -2.25. The maximum absolute atomic E-state index is 13.3. The van der Waals surface area contributed by atoms with Gasteiger partial charge in [-0.2, -0.15) is 4.31 Å². The number of hydrogen-bond acceptors (Lipinski definition) is 5. The molecule has 0 aliphatic heterocycles. The van der Waals surface area contributed by atoms with Crippen LogP contribution < -0.4 is 5.32 Å². The van der Waals surface area contributed by atoms with Gasteiger partial charge in [0.15, 0.2) is 5.13 Å². The average Bonchev–Trinajstić information content (AvgIpc) is 3.08. The van der Waals surface area contributed by atoms with Crippen LogP contribution in [0.3, 0.4) is 0 Å². The highest BCUT2D eigenvalue weighted by molar-refractivity contribution is 7.89.